The van der Waals surface area contributed by atoms with Crippen molar-refractivity contribution in [3.8, 4) is 11.1 Å². The maximum absolute atomic E-state index is 14.2. The molecular weight excluding hydrogens is 1430 g/mol. The highest BCUT2D eigenvalue weighted by Crippen LogP contribution is 2.72. The number of nitrogens with one attached hydrogen (secondary N) is 3. The summed E-state index contributed by atoms with van der Waals surface area (Å²) in [7, 11) is -3.10. The summed E-state index contributed by atoms with van der Waals surface area (Å²) in [4.78, 5) is 148. The zero-order valence-electron chi connectivity index (χ0n) is 61.4. The number of para-hydroxylation sites is 1. The summed E-state index contributed by atoms with van der Waals surface area (Å²) >= 11 is 1.40. The van der Waals surface area contributed by atoms with E-state index in [4.69, 9.17) is 30.0 Å². The molecule has 8 amide bonds. The summed E-state index contributed by atoms with van der Waals surface area (Å²) in [6.45, 7) is 10.4. The number of ketones is 2. The van der Waals surface area contributed by atoms with Gasteiger partial charge in [0, 0.05) is 106 Å². The van der Waals surface area contributed by atoms with Crippen LogP contribution in [0.25, 0.3) is 21.3 Å². The summed E-state index contributed by atoms with van der Waals surface area (Å²) in [5.41, 5.74) is 10.0. The number of likely N-dealkylation sites (tertiary alicyclic amines) is 1. The van der Waals surface area contributed by atoms with E-state index in [1.807, 2.05) is 59.0 Å². The van der Waals surface area contributed by atoms with Crippen molar-refractivity contribution in [2.45, 2.75) is 155 Å². The van der Waals surface area contributed by atoms with Gasteiger partial charge in [-0.15, -0.1) is 0 Å². The number of aromatic nitrogens is 4. The molecule has 0 spiro atoms. The number of imide groups is 1. The number of carboxylic acid groups (broad SMARTS) is 1. The lowest BCUT2D eigenvalue weighted by atomic mass is 9.39. The molecule has 3 aromatic heterocycles. The number of aromatic carboxylic acids is 1. The Balaban J connectivity index is 0.663. The van der Waals surface area contributed by atoms with Gasteiger partial charge in [0.15, 0.2) is 22.4 Å². The number of pyridine rings is 1. The third kappa shape index (κ3) is 17.7. The predicted molar refractivity (Wildman–Crippen MR) is 398 cm³/mol. The molecule has 6 heterocycles. The van der Waals surface area contributed by atoms with Gasteiger partial charge in [-0.05, 0) is 139 Å². The molecule has 29 nitrogen and oxygen atoms in total. The molecule has 3 aliphatic heterocycles. The molecule has 108 heavy (non-hydrogen) atoms. The molecule has 6 atom stereocenters. The van der Waals surface area contributed by atoms with Gasteiger partial charge in [-0.3, -0.25) is 53.0 Å². The molecule has 3 aromatic carbocycles. The van der Waals surface area contributed by atoms with Crippen LogP contribution in [-0.2, 0) is 85.6 Å². The minimum absolute atomic E-state index is 0.0202. The lowest BCUT2D eigenvalue weighted by Gasteiger charge is -2.69. The van der Waals surface area contributed by atoms with Crippen molar-refractivity contribution in [1.82, 2.24) is 45.1 Å². The number of urea groups is 1. The topological polar surface area (TPSA) is 392 Å². The van der Waals surface area contributed by atoms with Gasteiger partial charge in [0.2, 0.25) is 11.8 Å². The van der Waals surface area contributed by atoms with E-state index in [9.17, 15) is 66.0 Å². The highest BCUT2D eigenvalue weighted by atomic mass is 32.2. The van der Waals surface area contributed by atoms with Gasteiger partial charge < -0.3 is 50.4 Å². The molecule has 1 saturated heterocycles. The van der Waals surface area contributed by atoms with Gasteiger partial charge in [-0.2, -0.15) is 13.5 Å². The number of nitrogens with two attached hydrogens (primary N) is 1. The minimum Gasteiger partial charge on any atom is -0.476 e. The largest absolute Gasteiger partial charge is 0.476 e. The molecule has 574 valence electrons. The SMILES string of the molecule is COC[C@@H]1C[C@H](N2C(=O)C=CC2=O)C(=O)N1CC(=O)C[C@H](C(=O)N[C@@H](CCCNC(N)=O)C(=O)Cc1ccc(COC(=O)N(CCOC23CC4(C)CC(C)(CC(Cn5ncc(-c6ccc(N7CCc8cccc(C(=O)Nc9nc%10ccccc%10s9)c8C7)nc6C(=O)O)c5C)(C4)C2)C3)CCS(=O)(=O)O)cc1)C(C)C. The van der Waals surface area contributed by atoms with Gasteiger partial charge >= 0.3 is 18.1 Å². The molecule has 13 rings (SSSR count). The molecule has 4 aliphatic carbocycles. The number of thiazole rings is 1. The van der Waals surface area contributed by atoms with Crippen LogP contribution in [0.15, 0.2) is 97.2 Å². The second-order valence-corrected chi connectivity index (χ2v) is 33.6. The van der Waals surface area contributed by atoms with Crippen LogP contribution >= 0.6 is 11.3 Å². The lowest BCUT2D eigenvalue weighted by molar-refractivity contribution is -0.248. The number of anilines is 2. The van der Waals surface area contributed by atoms with Gasteiger partial charge in [-0.25, -0.2) is 24.4 Å². The van der Waals surface area contributed by atoms with Crippen molar-refractivity contribution in [3.63, 3.8) is 0 Å². The molecule has 4 bridgehead atoms. The Hall–Kier alpha value is -9.82. The first kappa shape index (κ1) is 77.8. The average molecular weight is 1520 g/mol. The quantitative estimate of drug-likeness (QED) is 0.0130. The number of nitrogens with zero attached hydrogens (tertiary/aromatic N) is 8. The molecule has 0 radical (unpaired) electrons. The Morgan fingerprint density at radius 2 is 1.58 bits per heavy atom. The Labute approximate surface area is 629 Å². The number of hydrogen-bond acceptors (Lipinski definition) is 20. The number of benzene rings is 3. The summed E-state index contributed by atoms with van der Waals surface area (Å²) in [5, 5.41) is 24.5. The number of methoxy groups -OCH3 is 1. The van der Waals surface area contributed by atoms with Crippen molar-refractivity contribution in [3.05, 3.63) is 136 Å². The van der Waals surface area contributed by atoms with Gasteiger partial charge in [-0.1, -0.05) is 87.6 Å². The van der Waals surface area contributed by atoms with Crippen LogP contribution in [0.5, 0.6) is 0 Å². The zero-order valence-corrected chi connectivity index (χ0v) is 63.0. The number of Topliss-reactive ketones (excluding diaryl/α,β-unsaturated/α-hetero) is 2. The molecule has 6 aromatic rings. The van der Waals surface area contributed by atoms with E-state index in [1.54, 1.807) is 56.4 Å². The van der Waals surface area contributed by atoms with Crippen LogP contribution < -0.4 is 26.6 Å². The van der Waals surface area contributed by atoms with Gasteiger partial charge in [0.05, 0.1) is 59.6 Å². The second kappa shape index (κ2) is 31.8. The van der Waals surface area contributed by atoms with Gasteiger partial charge in [0.1, 0.15) is 18.5 Å². The molecule has 2 unspecified atom stereocenters. The molecular formula is C77H92N12O17S2. The Morgan fingerprint density at radius 3 is 2.27 bits per heavy atom. The first-order valence-electron chi connectivity index (χ1n) is 36.4. The minimum atomic E-state index is -4.52. The number of hydrogen-bond donors (Lipinski definition) is 6. The van der Waals surface area contributed by atoms with E-state index in [0.717, 1.165) is 76.2 Å². The van der Waals surface area contributed by atoms with Crippen LogP contribution in [0.1, 0.15) is 141 Å². The van der Waals surface area contributed by atoms with Crippen molar-refractivity contribution >= 4 is 102 Å². The smallest absolute Gasteiger partial charge is 0.410 e. The van der Waals surface area contributed by atoms with E-state index in [0.29, 0.717) is 71.2 Å². The summed E-state index contributed by atoms with van der Waals surface area (Å²) in [6, 6.07) is 19.9. The standard InChI is InChI=1S/C77H92N12O17S2/c1-46(2)55(33-52(90)35-87-51(38-104-6)32-60(69(87)96)89-64(92)22-23-65(89)93)68(95)81-58(14-10-25-79-71(78)99)61(91)31-48-16-18-49(19-17-48)37-105-73(100)85(28-30-108(101,102)103)27-29-106-77-42-74(4)39-75(5,43-77)41-76(40-74,44-77)45-88-47(3)56(34-80-88)53-20-21-63(83-66(53)70(97)98)86-26-24-50-11-9-12-54(57(50)36-86)67(94)84-72-82-59-13-7-8-15-62(59)107-72/h7-9,11-13,15-23,34,46,51,55,58,60H,10,14,24-33,35-45H2,1-6H3,(H,81,95)(H,97,98)(H3,78,79,99)(H,82,84,94)(H,101,102,103)/t51-,55-,58-,60-,74?,75?,76?,77?/m0/s1. The highest BCUT2D eigenvalue weighted by molar-refractivity contribution is 7.85. The molecule has 7 N–H and O–H groups in total. The predicted octanol–water partition coefficient (Wildman–Crippen LogP) is 7.86. The molecule has 4 saturated carbocycles. The summed E-state index contributed by atoms with van der Waals surface area (Å²) in [5.74, 6) is -6.47. The normalized spacial score (nSPS) is 22.7. The number of carbonyl (C=O) groups is 10. The summed E-state index contributed by atoms with van der Waals surface area (Å²) in [6.07, 6.45) is 8.45. The van der Waals surface area contributed by atoms with E-state index in [2.05, 4.69) is 34.8 Å². The van der Waals surface area contributed by atoms with E-state index in [-0.39, 0.29) is 92.9 Å². The first-order valence-corrected chi connectivity index (χ1v) is 38.8. The number of amides is 8. The van der Waals surface area contributed by atoms with E-state index in [1.165, 1.54) is 28.2 Å². The van der Waals surface area contributed by atoms with Crippen LogP contribution in [0.3, 0.4) is 0 Å². The fraction of sp³-hybridized carbons (Fsp3) is 0.494. The van der Waals surface area contributed by atoms with Gasteiger partial charge in [0.25, 0.3) is 27.8 Å². The maximum atomic E-state index is 14.2. The lowest BCUT2D eigenvalue weighted by Crippen LogP contribution is -2.64. The number of fused-ring (bicyclic) bond motifs is 2. The fourth-order valence-corrected chi connectivity index (χ4v) is 19.5. The van der Waals surface area contributed by atoms with E-state index >= 15 is 0 Å². The molecule has 7 aliphatic rings. The molecule has 5 fully saturated rings. The van der Waals surface area contributed by atoms with Crippen LogP contribution in [-0.4, -0.2) is 194 Å². The Bertz CT molecular complexity index is 4600. The summed E-state index contributed by atoms with van der Waals surface area (Å²) < 4.78 is 55.2. The van der Waals surface area contributed by atoms with E-state index < -0.39 is 118 Å². The number of carbonyl (C=O) groups excluding carboxylic acids is 9. The third-order valence-electron chi connectivity index (χ3n) is 22.0. The Morgan fingerprint density at radius 1 is 0.861 bits per heavy atom. The number of carboxylic acids is 1. The zero-order chi connectivity index (χ0) is 77.2. The Kier molecular flexibility index (Phi) is 22.9. The van der Waals surface area contributed by atoms with Crippen molar-refractivity contribution in [1.29, 1.82) is 0 Å². The number of rotatable bonds is 33. The average Bonchev–Trinajstić information content (AvgIpc) is 0.835. The maximum Gasteiger partial charge on any atom is 0.410 e. The van der Waals surface area contributed by atoms with Crippen molar-refractivity contribution in [2.24, 2.45) is 33.8 Å². The van der Waals surface area contributed by atoms with Crippen LogP contribution in [0.4, 0.5) is 20.5 Å². The van der Waals surface area contributed by atoms with Crippen molar-refractivity contribution < 1.29 is 80.2 Å². The monoisotopic (exact) mass is 1520 g/mol. The first-order chi connectivity index (χ1) is 51.3. The number of ether oxygens (including phenoxy) is 3. The van der Waals surface area contributed by atoms with Crippen LogP contribution in [0, 0.1) is 35.0 Å². The molecule has 31 heteroatoms. The van der Waals surface area contributed by atoms with Crippen LogP contribution in [0.2, 0.25) is 0 Å². The number of primary amides is 1. The highest BCUT2D eigenvalue weighted by Gasteiger charge is 2.66. The third-order valence-corrected chi connectivity index (χ3v) is 23.7. The van der Waals surface area contributed by atoms with Crippen molar-refractivity contribution in [2.75, 3.05) is 69.0 Å². The second-order valence-electron chi connectivity index (χ2n) is 31.0. The fourth-order valence-electron chi connectivity index (χ4n) is 18.2.